The highest BCUT2D eigenvalue weighted by Gasteiger charge is 2.24. The highest BCUT2D eigenvalue weighted by Crippen LogP contribution is 2.35. The molecular weight excluding hydrogens is 472 g/mol. The summed E-state index contributed by atoms with van der Waals surface area (Å²) in [6, 6.07) is 2.02. The van der Waals surface area contributed by atoms with E-state index >= 15 is 0 Å². The highest BCUT2D eigenvalue weighted by molar-refractivity contribution is 14.1. The van der Waals surface area contributed by atoms with E-state index in [-0.39, 0.29) is 25.7 Å². The lowest BCUT2D eigenvalue weighted by molar-refractivity contribution is 0.0594. The molecule has 2 aromatic rings. The van der Waals surface area contributed by atoms with Crippen molar-refractivity contribution >= 4 is 45.8 Å². The lowest BCUT2D eigenvalue weighted by Crippen LogP contribution is -2.10. The average molecular weight is 483 g/mol. The molecule has 0 aliphatic heterocycles. The molecule has 0 radical (unpaired) electrons. The van der Waals surface area contributed by atoms with Crippen LogP contribution in [0.1, 0.15) is 17.4 Å². The minimum Gasteiger partial charge on any atom is -0.464 e. The maximum Gasteiger partial charge on any atom is 0.358 e. The standard InChI is InChI=1S/C16H11ClF3IN2O2/c1-6(2)22-10-5-9(23-15(12(10)17)16(24)25-3)11-7(18)4-8(21)13(19)14(11)20/h4-5H,1H2,2-3H3,(H,22,23). The number of hydrogen-bond acceptors (Lipinski definition) is 4. The second-order valence-electron chi connectivity index (χ2n) is 4.96. The molecule has 1 heterocycles. The van der Waals surface area contributed by atoms with Crippen molar-refractivity contribution in [1.29, 1.82) is 0 Å². The summed E-state index contributed by atoms with van der Waals surface area (Å²) >= 11 is 7.56. The van der Waals surface area contributed by atoms with Crippen molar-refractivity contribution in [2.75, 3.05) is 12.4 Å². The number of methoxy groups -OCH3 is 1. The number of anilines is 1. The molecule has 132 valence electrons. The first-order chi connectivity index (χ1) is 11.7. The summed E-state index contributed by atoms with van der Waals surface area (Å²) in [5, 5.41) is 2.63. The number of carbonyl (C=O) groups excluding carboxylic acids is 1. The number of esters is 1. The third kappa shape index (κ3) is 3.90. The third-order valence-corrected chi connectivity index (χ3v) is 4.22. The molecular formula is C16H11ClF3IN2O2. The zero-order valence-corrected chi connectivity index (χ0v) is 15.9. The minimum atomic E-state index is -1.42. The van der Waals surface area contributed by atoms with E-state index in [0.717, 1.165) is 13.2 Å². The molecule has 9 heteroatoms. The summed E-state index contributed by atoms with van der Waals surface area (Å²) in [5.74, 6) is -4.59. The van der Waals surface area contributed by atoms with Crippen molar-refractivity contribution in [2.24, 2.45) is 0 Å². The lowest BCUT2D eigenvalue weighted by Gasteiger charge is -2.14. The van der Waals surface area contributed by atoms with E-state index < -0.39 is 29.0 Å². The van der Waals surface area contributed by atoms with Crippen LogP contribution in [0.15, 0.2) is 24.4 Å². The van der Waals surface area contributed by atoms with Gasteiger partial charge in [0.2, 0.25) is 0 Å². The molecule has 1 aromatic heterocycles. The number of rotatable bonds is 4. The van der Waals surface area contributed by atoms with Crippen molar-refractivity contribution < 1.29 is 22.7 Å². The first-order valence-corrected chi connectivity index (χ1v) is 8.17. The number of ether oxygens (including phenoxy) is 1. The predicted octanol–water partition coefficient (Wildman–Crippen LogP) is 5.16. The van der Waals surface area contributed by atoms with Gasteiger partial charge in [0.1, 0.15) is 5.82 Å². The molecule has 2 rings (SSSR count). The number of carbonyl (C=O) groups is 1. The van der Waals surface area contributed by atoms with Crippen molar-refractivity contribution in [3.8, 4) is 11.3 Å². The molecule has 0 aliphatic carbocycles. The van der Waals surface area contributed by atoms with Gasteiger partial charge in [-0.1, -0.05) is 18.2 Å². The van der Waals surface area contributed by atoms with E-state index in [1.165, 1.54) is 28.7 Å². The Kier molecular flexibility index (Phi) is 5.94. The molecule has 0 unspecified atom stereocenters. The topological polar surface area (TPSA) is 51.2 Å². The van der Waals surface area contributed by atoms with Crippen LogP contribution >= 0.6 is 34.2 Å². The minimum absolute atomic E-state index is 0.120. The first-order valence-electron chi connectivity index (χ1n) is 6.72. The molecule has 1 aromatic carbocycles. The second-order valence-corrected chi connectivity index (χ2v) is 6.50. The number of aromatic nitrogens is 1. The van der Waals surface area contributed by atoms with E-state index in [4.69, 9.17) is 11.6 Å². The Bertz CT molecular complexity index is 890. The quantitative estimate of drug-likeness (QED) is 0.283. The van der Waals surface area contributed by atoms with Gasteiger partial charge in [-0.05, 0) is 41.6 Å². The Morgan fingerprint density at radius 1 is 1.32 bits per heavy atom. The molecule has 0 atom stereocenters. The monoisotopic (exact) mass is 482 g/mol. The van der Waals surface area contributed by atoms with E-state index in [0.29, 0.717) is 5.70 Å². The average Bonchev–Trinajstić information content (AvgIpc) is 2.54. The number of halogens is 5. The van der Waals surface area contributed by atoms with Gasteiger partial charge in [0.15, 0.2) is 17.3 Å². The van der Waals surface area contributed by atoms with Gasteiger partial charge in [0.25, 0.3) is 0 Å². The van der Waals surface area contributed by atoms with Crippen LogP contribution in [0.2, 0.25) is 5.02 Å². The summed E-state index contributed by atoms with van der Waals surface area (Å²) in [6.07, 6.45) is 0. The van der Waals surface area contributed by atoms with Crippen molar-refractivity contribution in [2.45, 2.75) is 6.92 Å². The number of hydrogen-bond donors (Lipinski definition) is 1. The Morgan fingerprint density at radius 3 is 2.52 bits per heavy atom. The molecule has 25 heavy (non-hydrogen) atoms. The Hall–Kier alpha value is -1.81. The maximum atomic E-state index is 14.3. The first kappa shape index (κ1) is 19.5. The summed E-state index contributed by atoms with van der Waals surface area (Å²) in [7, 11) is 1.10. The molecule has 0 fully saturated rings. The fourth-order valence-electron chi connectivity index (χ4n) is 2.01. The number of pyridine rings is 1. The van der Waals surface area contributed by atoms with Crippen LogP contribution in [0, 0.1) is 21.0 Å². The van der Waals surface area contributed by atoms with Gasteiger partial charge in [-0.15, -0.1) is 0 Å². The zero-order chi connectivity index (χ0) is 18.9. The van der Waals surface area contributed by atoms with E-state index in [9.17, 15) is 18.0 Å². The summed E-state index contributed by atoms with van der Waals surface area (Å²) in [6.45, 7) is 5.25. The molecule has 0 saturated carbocycles. The summed E-state index contributed by atoms with van der Waals surface area (Å²) in [4.78, 5) is 15.7. The number of nitrogens with one attached hydrogen (secondary N) is 1. The number of nitrogens with zero attached hydrogens (tertiary/aromatic N) is 1. The maximum absolute atomic E-state index is 14.3. The van der Waals surface area contributed by atoms with Gasteiger partial charge in [0, 0.05) is 5.70 Å². The van der Waals surface area contributed by atoms with E-state index in [2.05, 4.69) is 21.6 Å². The summed E-state index contributed by atoms with van der Waals surface area (Å²) < 4.78 is 46.7. The molecule has 0 bridgehead atoms. The molecule has 1 N–H and O–H groups in total. The molecule has 0 spiro atoms. The zero-order valence-electron chi connectivity index (χ0n) is 13.0. The van der Waals surface area contributed by atoms with Crippen LogP contribution in [0.4, 0.5) is 18.9 Å². The molecule has 4 nitrogen and oxygen atoms in total. The van der Waals surface area contributed by atoms with Crippen LogP contribution in [0.5, 0.6) is 0 Å². The lowest BCUT2D eigenvalue weighted by atomic mass is 10.1. The normalized spacial score (nSPS) is 10.5. The molecule has 0 saturated heterocycles. The van der Waals surface area contributed by atoms with Crippen LogP contribution in [-0.2, 0) is 4.74 Å². The fourth-order valence-corrected chi connectivity index (χ4v) is 2.74. The van der Waals surface area contributed by atoms with Crippen molar-refractivity contribution in [3.05, 3.63) is 56.1 Å². The largest absolute Gasteiger partial charge is 0.464 e. The Balaban J connectivity index is 2.80. The fraction of sp³-hybridized carbons (Fsp3) is 0.125. The van der Waals surface area contributed by atoms with E-state index in [1.54, 1.807) is 6.92 Å². The van der Waals surface area contributed by atoms with Gasteiger partial charge in [0.05, 0.1) is 32.6 Å². The predicted molar refractivity (Wildman–Crippen MR) is 97.1 cm³/mol. The highest BCUT2D eigenvalue weighted by atomic mass is 127. The van der Waals surface area contributed by atoms with Crippen LogP contribution in [-0.4, -0.2) is 18.1 Å². The van der Waals surface area contributed by atoms with Gasteiger partial charge < -0.3 is 10.1 Å². The van der Waals surface area contributed by atoms with Gasteiger partial charge >= 0.3 is 5.97 Å². The Morgan fingerprint density at radius 2 is 1.96 bits per heavy atom. The van der Waals surface area contributed by atoms with Crippen molar-refractivity contribution in [1.82, 2.24) is 4.98 Å². The third-order valence-electron chi connectivity index (χ3n) is 3.05. The molecule has 0 amide bonds. The Labute approximate surface area is 160 Å². The summed E-state index contributed by atoms with van der Waals surface area (Å²) in [5.41, 5.74) is -0.839. The van der Waals surface area contributed by atoms with Crippen LogP contribution in [0.3, 0.4) is 0 Å². The van der Waals surface area contributed by atoms with Crippen LogP contribution in [0.25, 0.3) is 11.3 Å². The van der Waals surface area contributed by atoms with Gasteiger partial charge in [-0.2, -0.15) is 0 Å². The number of benzene rings is 1. The van der Waals surface area contributed by atoms with E-state index in [1.807, 2.05) is 0 Å². The second kappa shape index (κ2) is 7.61. The van der Waals surface area contributed by atoms with Gasteiger partial charge in [-0.3, -0.25) is 0 Å². The van der Waals surface area contributed by atoms with Crippen molar-refractivity contribution in [3.63, 3.8) is 0 Å². The smallest absolute Gasteiger partial charge is 0.358 e. The molecule has 0 aliphatic rings. The SMILES string of the molecule is C=C(C)Nc1cc(-c2c(F)cc(I)c(F)c2F)nc(C(=O)OC)c1Cl. The van der Waals surface area contributed by atoms with Gasteiger partial charge in [-0.25, -0.2) is 22.9 Å². The number of allylic oxidation sites excluding steroid dienone is 1. The van der Waals surface area contributed by atoms with Crippen LogP contribution < -0.4 is 5.32 Å².